The van der Waals surface area contributed by atoms with Gasteiger partial charge in [-0.1, -0.05) is 107 Å². The van der Waals surface area contributed by atoms with Gasteiger partial charge in [0.1, 0.15) is 11.5 Å². The van der Waals surface area contributed by atoms with E-state index in [0.29, 0.717) is 23.3 Å². The van der Waals surface area contributed by atoms with Crippen LogP contribution in [0.4, 0.5) is 0 Å². The molecule has 1 N–H and O–H groups in total. The Kier molecular flexibility index (Phi) is 15.4. The second kappa shape index (κ2) is 15.2. The van der Waals surface area contributed by atoms with Gasteiger partial charge < -0.3 is 28.7 Å². The molecular weight excluding hydrogens is 451 g/mol. The quantitative estimate of drug-likeness (QED) is 0.311. The third-order valence-electron chi connectivity index (χ3n) is 5.08. The monoisotopic (exact) mass is 496 g/mol. The van der Waals surface area contributed by atoms with Crippen molar-refractivity contribution in [1.82, 2.24) is 0 Å². The number of para-hydroxylation sites is 2. The van der Waals surface area contributed by atoms with E-state index in [1.807, 2.05) is 64.1 Å². The lowest BCUT2D eigenvalue weighted by molar-refractivity contribution is -0.344. The smallest absolute Gasteiger partial charge is 0.193 e. The standard InChI is InChI=1S/C13H21O5P.C12H18O.2CH4/c1-9(2)11-6-5-7-12(10(3)4)13(11)17-8-18-19(14,15)16;1-8(2)10-6-5-7-11(9(3)4)12(10)13;;/h5-7,9-10H,8H2,1-4H3,(H2,14,15,16);5-9,13H,1-4H3;2*1H4/p-2. The number of phenols is 1. The molecule has 0 radical (unpaired) electrons. The van der Waals surface area contributed by atoms with Crippen molar-refractivity contribution in [3.63, 3.8) is 0 Å². The minimum atomic E-state index is -5.01. The van der Waals surface area contributed by atoms with E-state index in [2.05, 4.69) is 32.2 Å². The molecule has 0 amide bonds. The largest absolute Gasteiger partial charge is 0.790 e. The maximum Gasteiger partial charge on any atom is 0.193 e. The summed E-state index contributed by atoms with van der Waals surface area (Å²) >= 11 is 0. The third kappa shape index (κ3) is 10.6. The lowest BCUT2D eigenvalue weighted by Gasteiger charge is -2.29. The highest BCUT2D eigenvalue weighted by Gasteiger charge is 2.15. The van der Waals surface area contributed by atoms with E-state index in [1.54, 1.807) is 0 Å². The fourth-order valence-corrected chi connectivity index (χ4v) is 3.49. The average Bonchev–Trinajstić information content (AvgIpc) is 2.67. The third-order valence-corrected chi connectivity index (χ3v) is 5.50. The Labute approximate surface area is 207 Å². The molecule has 0 saturated heterocycles. The SMILES string of the molecule is C.C.CC(C)c1cccc(C(C)C)c1O.CC(C)c1cccc(C(C)C)c1OCOP(=O)([O-])[O-]. The van der Waals surface area contributed by atoms with Crippen molar-refractivity contribution in [2.24, 2.45) is 0 Å². The van der Waals surface area contributed by atoms with Crippen molar-refractivity contribution < 1.29 is 28.7 Å². The van der Waals surface area contributed by atoms with Crippen LogP contribution in [0.1, 0.15) is 116 Å². The van der Waals surface area contributed by atoms with Gasteiger partial charge in [-0.2, -0.15) is 0 Å². The molecule has 7 heteroatoms. The number of rotatable bonds is 8. The molecule has 34 heavy (non-hydrogen) atoms. The highest BCUT2D eigenvalue weighted by Crippen LogP contribution is 2.35. The minimum Gasteiger partial charge on any atom is -0.790 e. The number of hydrogen-bond acceptors (Lipinski definition) is 6. The molecule has 2 aromatic carbocycles. The van der Waals surface area contributed by atoms with Crippen LogP contribution in [0.5, 0.6) is 11.5 Å². The second-order valence-electron chi connectivity index (χ2n) is 9.01. The van der Waals surface area contributed by atoms with Gasteiger partial charge in [0.25, 0.3) is 0 Å². The number of ether oxygens (including phenoxy) is 1. The predicted octanol–water partition coefficient (Wildman–Crippen LogP) is 7.03. The maximum absolute atomic E-state index is 10.4. The minimum absolute atomic E-state index is 0. The Bertz CT molecular complexity index is 847. The Morgan fingerprint density at radius 2 is 1.06 bits per heavy atom. The van der Waals surface area contributed by atoms with Gasteiger partial charge >= 0.3 is 0 Å². The molecule has 0 atom stereocenters. The van der Waals surface area contributed by atoms with Crippen LogP contribution in [0.3, 0.4) is 0 Å². The average molecular weight is 497 g/mol. The van der Waals surface area contributed by atoms with Gasteiger partial charge in [0.05, 0.1) is 7.82 Å². The highest BCUT2D eigenvalue weighted by molar-refractivity contribution is 7.43. The van der Waals surface area contributed by atoms with Crippen LogP contribution in [-0.4, -0.2) is 11.9 Å². The van der Waals surface area contributed by atoms with Crippen molar-refractivity contribution in [2.75, 3.05) is 6.79 Å². The van der Waals surface area contributed by atoms with E-state index in [1.165, 1.54) is 0 Å². The summed E-state index contributed by atoms with van der Waals surface area (Å²) in [6.45, 7) is 15.8. The summed E-state index contributed by atoms with van der Waals surface area (Å²) in [6, 6.07) is 11.8. The topological polar surface area (TPSA) is 102 Å². The van der Waals surface area contributed by atoms with E-state index in [4.69, 9.17) is 4.74 Å². The van der Waals surface area contributed by atoms with Crippen LogP contribution in [0, 0.1) is 0 Å². The van der Waals surface area contributed by atoms with Crippen molar-refractivity contribution in [3.05, 3.63) is 58.7 Å². The van der Waals surface area contributed by atoms with Crippen LogP contribution < -0.4 is 14.5 Å². The Morgan fingerprint density at radius 1 is 0.735 bits per heavy atom. The Hall–Kier alpha value is -1.85. The lowest BCUT2D eigenvalue weighted by Crippen LogP contribution is -2.19. The van der Waals surface area contributed by atoms with E-state index < -0.39 is 14.6 Å². The fraction of sp³-hybridized carbons (Fsp3) is 0.556. The molecule has 0 heterocycles. The van der Waals surface area contributed by atoms with Crippen molar-refractivity contribution in [1.29, 1.82) is 0 Å². The van der Waals surface area contributed by atoms with Crippen molar-refractivity contribution in [2.45, 2.75) is 93.9 Å². The molecule has 0 aromatic heterocycles. The summed E-state index contributed by atoms with van der Waals surface area (Å²) < 4.78 is 19.9. The molecular formula is C27H45O6P-2. The molecule has 2 aromatic rings. The molecule has 0 aliphatic carbocycles. The lowest BCUT2D eigenvalue weighted by atomic mass is 9.94. The molecule has 0 bridgehead atoms. The van der Waals surface area contributed by atoms with Gasteiger partial charge in [-0.05, 0) is 45.9 Å². The molecule has 0 spiro atoms. The van der Waals surface area contributed by atoms with Gasteiger partial charge in [0.2, 0.25) is 0 Å². The second-order valence-corrected chi connectivity index (χ2v) is 10.2. The summed E-state index contributed by atoms with van der Waals surface area (Å²) in [4.78, 5) is 20.9. The molecule has 0 fully saturated rings. The van der Waals surface area contributed by atoms with Crippen LogP contribution in [0.15, 0.2) is 36.4 Å². The van der Waals surface area contributed by atoms with Gasteiger partial charge in [-0.15, -0.1) is 0 Å². The zero-order valence-corrected chi connectivity index (χ0v) is 21.3. The van der Waals surface area contributed by atoms with Gasteiger partial charge in [-0.25, -0.2) is 0 Å². The van der Waals surface area contributed by atoms with Crippen LogP contribution in [0.2, 0.25) is 0 Å². The molecule has 2 rings (SSSR count). The maximum atomic E-state index is 10.4. The molecule has 0 saturated carbocycles. The summed E-state index contributed by atoms with van der Waals surface area (Å²) in [6.07, 6.45) is 0. The Balaban J connectivity index is 0. The first kappa shape index (κ1) is 34.3. The summed E-state index contributed by atoms with van der Waals surface area (Å²) in [5.74, 6) is 2.30. The summed E-state index contributed by atoms with van der Waals surface area (Å²) in [5, 5.41) is 9.93. The van der Waals surface area contributed by atoms with Crippen LogP contribution in [0.25, 0.3) is 0 Å². The van der Waals surface area contributed by atoms with E-state index in [-0.39, 0.29) is 26.7 Å². The first-order valence-corrected chi connectivity index (χ1v) is 12.5. The number of phosphoric ester groups is 1. The van der Waals surface area contributed by atoms with Crippen LogP contribution >= 0.6 is 7.82 Å². The van der Waals surface area contributed by atoms with Gasteiger partial charge in [-0.3, -0.25) is 0 Å². The summed E-state index contributed by atoms with van der Waals surface area (Å²) in [7, 11) is -5.01. The normalized spacial score (nSPS) is 11.1. The number of aromatic hydroxyl groups is 1. The first-order valence-electron chi connectivity index (χ1n) is 11.0. The summed E-state index contributed by atoms with van der Waals surface area (Å²) in [5.41, 5.74) is 4.01. The predicted molar refractivity (Wildman–Crippen MR) is 139 cm³/mol. The first-order chi connectivity index (χ1) is 14.8. The number of phenolic OH excluding ortho intramolecular Hbond substituents is 1. The van der Waals surface area contributed by atoms with E-state index in [0.717, 1.165) is 22.3 Å². The molecule has 196 valence electrons. The zero-order valence-electron chi connectivity index (χ0n) is 20.4. The fourth-order valence-electron chi connectivity index (χ4n) is 3.31. The number of benzene rings is 2. The van der Waals surface area contributed by atoms with Gasteiger partial charge in [0.15, 0.2) is 6.79 Å². The number of hydrogen-bond donors (Lipinski definition) is 1. The Morgan fingerprint density at radius 3 is 1.35 bits per heavy atom. The molecule has 0 aliphatic rings. The number of phosphoric acid groups is 1. The molecule has 0 aliphatic heterocycles. The van der Waals surface area contributed by atoms with Crippen molar-refractivity contribution >= 4 is 7.82 Å². The van der Waals surface area contributed by atoms with Crippen LogP contribution in [-0.2, 0) is 9.09 Å². The zero-order chi connectivity index (χ0) is 24.6. The highest BCUT2D eigenvalue weighted by atomic mass is 31.2. The van der Waals surface area contributed by atoms with Crippen molar-refractivity contribution in [3.8, 4) is 11.5 Å². The van der Waals surface area contributed by atoms with E-state index >= 15 is 0 Å². The molecule has 0 unspecified atom stereocenters. The molecule has 6 nitrogen and oxygen atoms in total. The van der Waals surface area contributed by atoms with E-state index in [9.17, 15) is 19.5 Å². The van der Waals surface area contributed by atoms with Gasteiger partial charge in [0, 0.05) is 0 Å².